The van der Waals surface area contributed by atoms with Crippen LogP contribution < -0.4 is 4.74 Å². The number of phenols is 1. The third-order valence-electron chi connectivity index (χ3n) is 6.09. The molecule has 1 fully saturated rings. The van der Waals surface area contributed by atoms with Crippen molar-refractivity contribution in [3.8, 4) is 11.5 Å². The number of hydrogen-bond acceptors (Lipinski definition) is 4. The summed E-state index contributed by atoms with van der Waals surface area (Å²) in [7, 11) is 3.74. The van der Waals surface area contributed by atoms with E-state index in [0.717, 1.165) is 30.5 Å². The van der Waals surface area contributed by atoms with Gasteiger partial charge in [-0.25, -0.2) is 0 Å². The lowest BCUT2D eigenvalue weighted by Crippen LogP contribution is -2.63. The summed E-state index contributed by atoms with van der Waals surface area (Å²) in [5, 5.41) is 21.7. The number of fused-ring (bicyclic) bond motifs is 1. The van der Waals surface area contributed by atoms with Gasteiger partial charge in [-0.2, -0.15) is 0 Å². The summed E-state index contributed by atoms with van der Waals surface area (Å²) in [6.07, 6.45) is 6.34. The molecule has 0 saturated carbocycles. The highest BCUT2D eigenvalue weighted by atomic mass is 16.5. The Morgan fingerprint density at radius 1 is 1.36 bits per heavy atom. The first-order chi connectivity index (χ1) is 10.6. The van der Waals surface area contributed by atoms with E-state index in [2.05, 4.69) is 30.2 Å². The summed E-state index contributed by atoms with van der Waals surface area (Å²) in [6, 6.07) is 4.29. The number of benzene rings is 1. The predicted molar refractivity (Wildman–Crippen MR) is 84.3 cm³/mol. The van der Waals surface area contributed by atoms with Crippen molar-refractivity contribution < 1.29 is 14.9 Å². The molecule has 118 valence electrons. The maximum atomic E-state index is 10.9. The predicted octanol–water partition coefficient (Wildman–Crippen LogP) is 1.84. The van der Waals surface area contributed by atoms with Crippen LogP contribution in [0, 0.1) is 5.92 Å². The normalized spacial score (nSPS) is 36.6. The van der Waals surface area contributed by atoms with E-state index in [1.807, 2.05) is 6.07 Å². The van der Waals surface area contributed by atoms with Crippen LogP contribution in [0.25, 0.3) is 0 Å². The van der Waals surface area contributed by atoms with Gasteiger partial charge in [0.1, 0.15) is 0 Å². The van der Waals surface area contributed by atoms with Gasteiger partial charge in [0.25, 0.3) is 0 Å². The van der Waals surface area contributed by atoms with Crippen LogP contribution >= 0.6 is 0 Å². The van der Waals surface area contributed by atoms with Gasteiger partial charge in [0.15, 0.2) is 11.5 Å². The third-order valence-corrected chi connectivity index (χ3v) is 6.09. The van der Waals surface area contributed by atoms with Crippen molar-refractivity contribution in [2.75, 3.05) is 20.7 Å². The SMILES string of the molecule is COc1ccc2c(c1O)[C@]13CCN(C)[C@H](C2)[C@@H]1C=CC[C@H]3O. The van der Waals surface area contributed by atoms with E-state index in [-0.39, 0.29) is 17.1 Å². The Labute approximate surface area is 131 Å². The quantitative estimate of drug-likeness (QED) is 0.777. The molecule has 0 aromatic heterocycles. The van der Waals surface area contributed by atoms with Crippen molar-refractivity contribution in [2.24, 2.45) is 5.92 Å². The fraction of sp³-hybridized carbons (Fsp3) is 0.556. The van der Waals surface area contributed by atoms with Crippen LogP contribution in [0.1, 0.15) is 24.0 Å². The molecule has 3 aliphatic rings. The van der Waals surface area contributed by atoms with Gasteiger partial charge in [-0.15, -0.1) is 0 Å². The standard InChI is InChI=1S/C18H23NO3/c1-19-9-8-18-12(4-3-5-15(18)20)13(19)10-11-6-7-14(22-2)17(21)16(11)18/h3-4,6-7,12-13,15,20-21H,5,8-10H2,1-2H3/t12-,13+,15+,18+/m0/s1. The van der Waals surface area contributed by atoms with Crippen molar-refractivity contribution >= 4 is 0 Å². The van der Waals surface area contributed by atoms with Gasteiger partial charge in [0.2, 0.25) is 0 Å². The van der Waals surface area contributed by atoms with Gasteiger partial charge in [-0.1, -0.05) is 18.2 Å². The summed E-state index contributed by atoms with van der Waals surface area (Å²) in [5.41, 5.74) is 1.71. The highest BCUT2D eigenvalue weighted by Gasteiger charge is 2.57. The molecule has 2 aliphatic carbocycles. The first-order valence-corrected chi connectivity index (χ1v) is 8.04. The second-order valence-electron chi connectivity index (χ2n) is 6.90. The number of likely N-dealkylation sites (N-methyl/N-ethyl adjacent to an activating group) is 1. The number of phenolic OH excluding ortho intramolecular Hbond substituents is 1. The molecule has 2 bridgehead atoms. The molecule has 1 aliphatic heterocycles. The number of aromatic hydroxyl groups is 1. The molecule has 4 nitrogen and oxygen atoms in total. The summed E-state index contributed by atoms with van der Waals surface area (Å²) in [6.45, 7) is 0.947. The van der Waals surface area contributed by atoms with Crippen LogP contribution in [0.3, 0.4) is 0 Å². The summed E-state index contributed by atoms with van der Waals surface area (Å²) >= 11 is 0. The van der Waals surface area contributed by atoms with E-state index in [0.29, 0.717) is 18.2 Å². The molecule has 0 radical (unpaired) electrons. The van der Waals surface area contributed by atoms with E-state index in [1.54, 1.807) is 7.11 Å². The highest BCUT2D eigenvalue weighted by molar-refractivity contribution is 5.57. The largest absolute Gasteiger partial charge is 0.504 e. The van der Waals surface area contributed by atoms with E-state index < -0.39 is 6.10 Å². The molecular weight excluding hydrogens is 278 g/mol. The number of piperidine rings is 1. The molecule has 4 heteroatoms. The number of aliphatic hydroxyl groups is 1. The van der Waals surface area contributed by atoms with Crippen LogP contribution in [0.5, 0.6) is 11.5 Å². The molecule has 2 N–H and O–H groups in total. The molecule has 22 heavy (non-hydrogen) atoms. The van der Waals surface area contributed by atoms with Gasteiger partial charge in [-0.3, -0.25) is 0 Å². The lowest BCUT2D eigenvalue weighted by molar-refractivity contribution is -0.0348. The van der Waals surface area contributed by atoms with Crippen LogP contribution in [0.15, 0.2) is 24.3 Å². The van der Waals surface area contributed by atoms with Gasteiger partial charge in [0.05, 0.1) is 13.2 Å². The number of rotatable bonds is 1. The molecule has 4 rings (SSSR count). The van der Waals surface area contributed by atoms with Crippen molar-refractivity contribution in [1.29, 1.82) is 0 Å². The molecule has 0 amide bonds. The average Bonchev–Trinajstić information content (AvgIpc) is 2.51. The zero-order valence-corrected chi connectivity index (χ0v) is 13.1. The molecule has 0 unspecified atom stereocenters. The number of methoxy groups -OCH3 is 1. The number of nitrogens with zero attached hydrogens (tertiary/aromatic N) is 1. The van der Waals surface area contributed by atoms with Gasteiger partial charge in [-0.05, 0) is 44.5 Å². The van der Waals surface area contributed by atoms with E-state index >= 15 is 0 Å². The molecular formula is C18H23NO3. The first kappa shape index (κ1) is 14.1. The molecule has 1 aromatic carbocycles. The van der Waals surface area contributed by atoms with Crippen molar-refractivity contribution in [2.45, 2.75) is 36.8 Å². The van der Waals surface area contributed by atoms with Crippen LogP contribution in [0.2, 0.25) is 0 Å². The van der Waals surface area contributed by atoms with E-state index in [1.165, 1.54) is 0 Å². The number of aliphatic hydroxyl groups excluding tert-OH is 1. The Morgan fingerprint density at radius 2 is 2.18 bits per heavy atom. The smallest absolute Gasteiger partial charge is 0.161 e. The summed E-state index contributed by atoms with van der Waals surface area (Å²) in [5.74, 6) is 0.980. The van der Waals surface area contributed by atoms with Crippen molar-refractivity contribution in [3.05, 3.63) is 35.4 Å². The van der Waals surface area contributed by atoms with Crippen LogP contribution in [-0.4, -0.2) is 48.0 Å². The van der Waals surface area contributed by atoms with Gasteiger partial charge in [0, 0.05) is 22.9 Å². The fourth-order valence-electron chi connectivity index (χ4n) is 5.00. The average molecular weight is 301 g/mol. The molecule has 0 spiro atoms. The third kappa shape index (κ3) is 1.60. The second kappa shape index (κ2) is 4.74. The highest BCUT2D eigenvalue weighted by Crippen LogP contribution is 2.57. The Hall–Kier alpha value is -1.52. The summed E-state index contributed by atoms with van der Waals surface area (Å²) in [4.78, 5) is 2.40. The van der Waals surface area contributed by atoms with Crippen molar-refractivity contribution in [1.82, 2.24) is 4.90 Å². The minimum atomic E-state index is -0.448. The molecule has 1 saturated heterocycles. The minimum absolute atomic E-state index is 0.224. The lowest BCUT2D eigenvalue weighted by atomic mass is 9.52. The Balaban J connectivity index is 2.00. The number of hydrogen-bond donors (Lipinski definition) is 2. The Bertz CT molecular complexity index is 641. The molecule has 1 aromatic rings. The fourth-order valence-corrected chi connectivity index (χ4v) is 5.00. The van der Waals surface area contributed by atoms with Crippen LogP contribution in [0.4, 0.5) is 0 Å². The second-order valence-corrected chi connectivity index (χ2v) is 6.90. The first-order valence-electron chi connectivity index (χ1n) is 8.04. The molecule has 4 atom stereocenters. The van der Waals surface area contributed by atoms with E-state index in [9.17, 15) is 10.2 Å². The number of likely N-dealkylation sites (tertiary alicyclic amines) is 1. The zero-order valence-electron chi connectivity index (χ0n) is 13.1. The number of ether oxygens (including phenoxy) is 1. The van der Waals surface area contributed by atoms with Crippen molar-refractivity contribution in [3.63, 3.8) is 0 Å². The summed E-state index contributed by atoms with van der Waals surface area (Å²) < 4.78 is 5.32. The maximum absolute atomic E-state index is 10.9. The minimum Gasteiger partial charge on any atom is -0.504 e. The lowest BCUT2D eigenvalue weighted by Gasteiger charge is -2.58. The van der Waals surface area contributed by atoms with Gasteiger partial charge >= 0.3 is 0 Å². The maximum Gasteiger partial charge on any atom is 0.161 e. The Morgan fingerprint density at radius 3 is 2.95 bits per heavy atom. The van der Waals surface area contributed by atoms with E-state index in [4.69, 9.17) is 4.74 Å². The van der Waals surface area contributed by atoms with Crippen LogP contribution in [-0.2, 0) is 11.8 Å². The molecule has 1 heterocycles. The topological polar surface area (TPSA) is 52.9 Å². The zero-order chi connectivity index (χ0) is 15.5. The Kier molecular flexibility index (Phi) is 3.03. The van der Waals surface area contributed by atoms with Gasteiger partial charge < -0.3 is 19.8 Å². The monoisotopic (exact) mass is 301 g/mol.